The van der Waals surface area contributed by atoms with Gasteiger partial charge in [0.25, 0.3) is 0 Å². The van der Waals surface area contributed by atoms with Crippen molar-refractivity contribution in [2.45, 2.75) is 26.7 Å². The van der Waals surface area contributed by atoms with Crippen LogP contribution in [0.25, 0.3) is 0 Å². The van der Waals surface area contributed by atoms with Crippen LogP contribution >= 0.6 is 0 Å². The first-order chi connectivity index (χ1) is 11.4. The zero-order valence-electron chi connectivity index (χ0n) is 14.3. The minimum absolute atomic E-state index is 0. The Morgan fingerprint density at radius 3 is 1.12 bits per heavy atom. The van der Waals surface area contributed by atoms with E-state index in [2.05, 4.69) is 0 Å². The molecule has 0 spiro atoms. The number of carbonyl (C=O) groups is 4. The molecule has 0 bridgehead atoms. The quantitative estimate of drug-likeness (QED) is 0.441. The Morgan fingerprint density at radius 2 is 0.880 bits per heavy atom. The fourth-order valence-electron chi connectivity index (χ4n) is 1.90. The molecule has 0 heterocycles. The number of carbonyl (C=O) groups excluding carboxylic acids is 4. The number of ketones is 4. The van der Waals surface area contributed by atoms with E-state index in [0.29, 0.717) is 11.1 Å². The van der Waals surface area contributed by atoms with Crippen molar-refractivity contribution in [2.24, 2.45) is 0 Å². The Kier molecular flexibility index (Phi) is 11.2. The topological polar surface area (TPSA) is 68.3 Å². The Labute approximate surface area is 162 Å². The summed E-state index contributed by atoms with van der Waals surface area (Å²) in [7, 11) is 0. The molecule has 0 aliphatic heterocycles. The molecule has 2 rings (SSSR count). The summed E-state index contributed by atoms with van der Waals surface area (Å²) in [5.74, 6) is -0.404. The molecule has 4 nitrogen and oxygen atoms in total. The first-order valence-electron chi connectivity index (χ1n) is 7.55. The molecule has 0 saturated heterocycles. The Hall–Kier alpha value is -2.17. The van der Waals surface area contributed by atoms with Crippen molar-refractivity contribution in [1.29, 1.82) is 0 Å². The second-order valence-electron chi connectivity index (χ2n) is 5.34. The van der Waals surface area contributed by atoms with Crippen molar-refractivity contribution < 1.29 is 40.9 Å². The average Bonchev–Trinajstić information content (AvgIpc) is 2.56. The van der Waals surface area contributed by atoms with Crippen LogP contribution in [0.5, 0.6) is 0 Å². The van der Waals surface area contributed by atoms with E-state index in [-0.39, 0.29) is 57.7 Å². The molecular formula is C20H20O4Ti. The van der Waals surface area contributed by atoms with Gasteiger partial charge in [-0.3, -0.25) is 19.2 Å². The summed E-state index contributed by atoms with van der Waals surface area (Å²) < 4.78 is 0. The van der Waals surface area contributed by atoms with Crippen LogP contribution in [-0.2, 0) is 31.3 Å². The molecule has 25 heavy (non-hydrogen) atoms. The first-order valence-corrected chi connectivity index (χ1v) is 7.55. The predicted molar refractivity (Wildman–Crippen MR) is 92.1 cm³/mol. The van der Waals surface area contributed by atoms with Crippen LogP contribution in [-0.4, -0.2) is 23.1 Å². The summed E-state index contributed by atoms with van der Waals surface area (Å²) in [4.78, 5) is 43.7. The van der Waals surface area contributed by atoms with E-state index < -0.39 is 0 Å². The maximum Gasteiger partial charge on any atom is 0.170 e. The minimum atomic E-state index is -0.108. The zero-order valence-corrected chi connectivity index (χ0v) is 15.9. The van der Waals surface area contributed by atoms with Crippen LogP contribution in [0.15, 0.2) is 60.7 Å². The number of hydrogen-bond acceptors (Lipinski definition) is 4. The van der Waals surface area contributed by atoms with E-state index in [9.17, 15) is 19.2 Å². The number of rotatable bonds is 6. The van der Waals surface area contributed by atoms with Crippen molar-refractivity contribution in [3.05, 3.63) is 71.8 Å². The number of hydrogen-bond donors (Lipinski definition) is 0. The fraction of sp³-hybridized carbons (Fsp3) is 0.200. The molecule has 0 N–H and O–H groups in total. The Balaban J connectivity index is 0.000000443. The normalized spacial score (nSPS) is 9.04. The summed E-state index contributed by atoms with van der Waals surface area (Å²) in [6.45, 7) is 2.84. The largest absolute Gasteiger partial charge is 0.300 e. The van der Waals surface area contributed by atoms with Crippen molar-refractivity contribution in [2.75, 3.05) is 0 Å². The van der Waals surface area contributed by atoms with Gasteiger partial charge >= 0.3 is 0 Å². The molecule has 2 aromatic rings. The Bertz CT molecular complexity index is 645. The predicted octanol–water partition coefficient (Wildman–Crippen LogP) is 3.69. The van der Waals surface area contributed by atoms with Gasteiger partial charge in [0.1, 0.15) is 11.6 Å². The average molecular weight is 372 g/mol. The van der Waals surface area contributed by atoms with Gasteiger partial charge in [0, 0.05) is 32.8 Å². The Morgan fingerprint density at radius 1 is 0.600 bits per heavy atom. The minimum Gasteiger partial charge on any atom is -0.300 e. The van der Waals surface area contributed by atoms with Crippen molar-refractivity contribution in [3.8, 4) is 0 Å². The third-order valence-corrected chi connectivity index (χ3v) is 3.01. The van der Waals surface area contributed by atoms with E-state index in [1.807, 2.05) is 12.1 Å². The van der Waals surface area contributed by atoms with Crippen molar-refractivity contribution in [1.82, 2.24) is 0 Å². The van der Waals surface area contributed by atoms with Gasteiger partial charge in [0.15, 0.2) is 11.6 Å². The molecule has 0 radical (unpaired) electrons. The molecule has 2 aromatic carbocycles. The van der Waals surface area contributed by atoms with Crippen LogP contribution in [0.3, 0.4) is 0 Å². The van der Waals surface area contributed by atoms with Crippen molar-refractivity contribution >= 4 is 23.1 Å². The van der Waals surface area contributed by atoms with Gasteiger partial charge in [0.2, 0.25) is 0 Å². The van der Waals surface area contributed by atoms with E-state index in [0.717, 1.165) is 0 Å². The van der Waals surface area contributed by atoms with Gasteiger partial charge in [0.05, 0.1) is 12.8 Å². The third-order valence-electron chi connectivity index (χ3n) is 3.01. The summed E-state index contributed by atoms with van der Waals surface area (Å²) in [6.07, 6.45) is 0.00796. The summed E-state index contributed by atoms with van der Waals surface area (Å²) in [5.41, 5.74) is 1.21. The van der Waals surface area contributed by atoms with Crippen LogP contribution in [0.1, 0.15) is 47.4 Å². The molecule has 0 fully saturated rings. The number of Topliss-reactive ketones (excluding diaryl/α,β-unsaturated/α-hetero) is 4. The summed E-state index contributed by atoms with van der Waals surface area (Å²) in [5, 5.41) is 0. The van der Waals surface area contributed by atoms with Gasteiger partial charge < -0.3 is 0 Å². The van der Waals surface area contributed by atoms with E-state index in [4.69, 9.17) is 0 Å². The van der Waals surface area contributed by atoms with Gasteiger partial charge in [-0.05, 0) is 13.8 Å². The molecule has 0 saturated carbocycles. The molecular weight excluding hydrogens is 352 g/mol. The molecule has 0 atom stereocenters. The van der Waals surface area contributed by atoms with Crippen LogP contribution in [0, 0.1) is 0 Å². The second-order valence-corrected chi connectivity index (χ2v) is 5.34. The SMILES string of the molecule is CC(=O)CC(=O)c1ccccc1.CC(=O)CC(=O)c1ccccc1.[Ti]. The van der Waals surface area contributed by atoms with Gasteiger partial charge in [-0.25, -0.2) is 0 Å². The standard InChI is InChI=1S/2C10H10O2.Ti/c2*1-8(11)7-10(12)9-5-3-2-4-6-9;/h2*2-6H,7H2,1H3;. The molecule has 0 aromatic heterocycles. The maximum absolute atomic E-state index is 11.2. The first kappa shape index (κ1) is 22.8. The second kappa shape index (κ2) is 12.2. The smallest absolute Gasteiger partial charge is 0.170 e. The van der Waals surface area contributed by atoms with Crippen LogP contribution in [0.2, 0.25) is 0 Å². The molecule has 0 aliphatic carbocycles. The molecule has 5 heteroatoms. The van der Waals surface area contributed by atoms with E-state index in [1.165, 1.54) is 13.8 Å². The molecule has 0 unspecified atom stereocenters. The zero-order chi connectivity index (χ0) is 17.9. The monoisotopic (exact) mass is 372 g/mol. The van der Waals surface area contributed by atoms with Gasteiger partial charge in [-0.15, -0.1) is 0 Å². The third kappa shape index (κ3) is 9.65. The summed E-state index contributed by atoms with van der Waals surface area (Å²) in [6, 6.07) is 17.7. The van der Waals surface area contributed by atoms with E-state index >= 15 is 0 Å². The molecule has 0 aliphatic rings. The maximum atomic E-state index is 11.2. The van der Waals surface area contributed by atoms with Gasteiger partial charge in [-0.1, -0.05) is 60.7 Å². The summed E-state index contributed by atoms with van der Waals surface area (Å²) >= 11 is 0. The van der Waals surface area contributed by atoms with Crippen LogP contribution in [0.4, 0.5) is 0 Å². The number of benzene rings is 2. The van der Waals surface area contributed by atoms with E-state index in [1.54, 1.807) is 48.5 Å². The van der Waals surface area contributed by atoms with Gasteiger partial charge in [-0.2, -0.15) is 0 Å². The van der Waals surface area contributed by atoms with Crippen LogP contribution < -0.4 is 0 Å². The fourth-order valence-corrected chi connectivity index (χ4v) is 1.90. The van der Waals surface area contributed by atoms with Crippen molar-refractivity contribution in [3.63, 3.8) is 0 Å². The molecule has 0 amide bonds. The molecule has 128 valence electrons.